The first-order chi connectivity index (χ1) is 6.61. The van der Waals surface area contributed by atoms with Gasteiger partial charge in [0.1, 0.15) is 5.54 Å². The van der Waals surface area contributed by atoms with Crippen LogP contribution in [0, 0.1) is 11.3 Å². The van der Waals surface area contributed by atoms with E-state index in [1.165, 1.54) is 0 Å². The molecule has 1 rings (SSSR count). The Hall–Kier alpha value is -1.20. The van der Waals surface area contributed by atoms with Crippen LogP contribution in [0.2, 0.25) is 5.02 Å². The summed E-state index contributed by atoms with van der Waals surface area (Å²) in [4.78, 5) is 0. The maximum atomic E-state index is 8.98. The van der Waals surface area contributed by atoms with Crippen molar-refractivity contribution in [3.8, 4) is 6.07 Å². The third-order valence-electron chi connectivity index (χ3n) is 2.24. The molecule has 0 bridgehead atoms. The van der Waals surface area contributed by atoms with E-state index in [1.54, 1.807) is 6.07 Å². The third-order valence-corrected chi connectivity index (χ3v) is 2.57. The Morgan fingerprint density at radius 1 is 1.50 bits per heavy atom. The Labute approximate surface area is 89.5 Å². The average Bonchev–Trinajstić information content (AvgIpc) is 2.21. The van der Waals surface area contributed by atoms with Crippen molar-refractivity contribution in [2.45, 2.75) is 25.8 Å². The number of nitriles is 1. The van der Waals surface area contributed by atoms with Crippen LogP contribution in [-0.4, -0.2) is 5.54 Å². The van der Waals surface area contributed by atoms with Crippen molar-refractivity contribution >= 4 is 17.3 Å². The minimum absolute atomic E-state index is 0.551. The van der Waals surface area contributed by atoms with Crippen molar-refractivity contribution in [1.82, 2.24) is 0 Å². The Morgan fingerprint density at radius 3 is 2.64 bits per heavy atom. The van der Waals surface area contributed by atoms with Gasteiger partial charge in [0.05, 0.1) is 16.8 Å². The third kappa shape index (κ3) is 2.40. The molecule has 0 aliphatic rings. The van der Waals surface area contributed by atoms with Crippen LogP contribution in [0.5, 0.6) is 0 Å². The van der Waals surface area contributed by atoms with Gasteiger partial charge in [0.2, 0.25) is 0 Å². The summed E-state index contributed by atoms with van der Waals surface area (Å²) in [6.45, 7) is 3.82. The SMILES string of the molecule is CCC(C)(C#N)Nc1ccccc1Cl. The van der Waals surface area contributed by atoms with Crippen LogP contribution in [-0.2, 0) is 0 Å². The molecule has 1 atom stereocenters. The summed E-state index contributed by atoms with van der Waals surface area (Å²) in [6, 6.07) is 9.66. The summed E-state index contributed by atoms with van der Waals surface area (Å²) in [5, 5.41) is 12.8. The van der Waals surface area contributed by atoms with Crippen molar-refractivity contribution < 1.29 is 0 Å². The topological polar surface area (TPSA) is 35.8 Å². The minimum atomic E-state index is -0.551. The van der Waals surface area contributed by atoms with Crippen LogP contribution in [0.3, 0.4) is 0 Å². The number of benzene rings is 1. The number of hydrogen-bond acceptors (Lipinski definition) is 2. The summed E-state index contributed by atoms with van der Waals surface area (Å²) in [7, 11) is 0. The van der Waals surface area contributed by atoms with Gasteiger partial charge in [-0.2, -0.15) is 5.26 Å². The number of anilines is 1. The van der Waals surface area contributed by atoms with Gasteiger partial charge in [-0.3, -0.25) is 0 Å². The van der Waals surface area contributed by atoms with E-state index in [0.29, 0.717) is 5.02 Å². The molecule has 0 amide bonds. The van der Waals surface area contributed by atoms with Gasteiger partial charge >= 0.3 is 0 Å². The monoisotopic (exact) mass is 208 g/mol. The van der Waals surface area contributed by atoms with E-state index in [2.05, 4.69) is 11.4 Å². The van der Waals surface area contributed by atoms with E-state index in [1.807, 2.05) is 32.0 Å². The molecule has 74 valence electrons. The predicted octanol–water partition coefficient (Wildman–Crippen LogP) is 3.44. The zero-order valence-electron chi connectivity index (χ0n) is 8.34. The van der Waals surface area contributed by atoms with Crippen LogP contribution >= 0.6 is 11.6 Å². The van der Waals surface area contributed by atoms with Gasteiger partial charge < -0.3 is 5.32 Å². The van der Waals surface area contributed by atoms with Crippen molar-refractivity contribution in [3.05, 3.63) is 29.3 Å². The molecule has 0 heterocycles. The van der Waals surface area contributed by atoms with Gasteiger partial charge in [0.25, 0.3) is 0 Å². The van der Waals surface area contributed by atoms with Gasteiger partial charge in [-0.05, 0) is 25.5 Å². The molecule has 0 aliphatic carbocycles. The van der Waals surface area contributed by atoms with Gasteiger partial charge in [-0.15, -0.1) is 0 Å². The maximum Gasteiger partial charge on any atom is 0.122 e. The zero-order valence-corrected chi connectivity index (χ0v) is 9.10. The summed E-state index contributed by atoms with van der Waals surface area (Å²) >= 11 is 5.97. The summed E-state index contributed by atoms with van der Waals surface area (Å²) in [5.74, 6) is 0. The van der Waals surface area contributed by atoms with E-state index < -0.39 is 5.54 Å². The Bertz CT molecular complexity index is 357. The molecule has 3 heteroatoms. The fourth-order valence-corrected chi connectivity index (χ4v) is 1.24. The number of nitrogens with zero attached hydrogens (tertiary/aromatic N) is 1. The summed E-state index contributed by atoms with van der Waals surface area (Å²) in [6.07, 6.45) is 0.731. The predicted molar refractivity (Wildman–Crippen MR) is 59.4 cm³/mol. The van der Waals surface area contributed by atoms with E-state index >= 15 is 0 Å². The molecule has 0 saturated heterocycles. The highest BCUT2D eigenvalue weighted by molar-refractivity contribution is 6.33. The molecule has 1 unspecified atom stereocenters. The number of halogens is 1. The second-order valence-corrected chi connectivity index (χ2v) is 3.81. The van der Waals surface area contributed by atoms with E-state index in [0.717, 1.165) is 12.1 Å². The second kappa shape index (κ2) is 4.34. The molecule has 14 heavy (non-hydrogen) atoms. The molecule has 0 radical (unpaired) electrons. The highest BCUT2D eigenvalue weighted by Crippen LogP contribution is 2.25. The quantitative estimate of drug-likeness (QED) is 0.826. The Balaban J connectivity index is 2.89. The highest BCUT2D eigenvalue weighted by atomic mass is 35.5. The van der Waals surface area contributed by atoms with Crippen molar-refractivity contribution in [2.75, 3.05) is 5.32 Å². The number of nitrogens with one attached hydrogen (secondary N) is 1. The van der Waals surface area contributed by atoms with E-state index in [9.17, 15) is 0 Å². The lowest BCUT2D eigenvalue weighted by Crippen LogP contribution is -2.31. The molecule has 2 nitrogen and oxygen atoms in total. The number of para-hydroxylation sites is 1. The molecule has 1 N–H and O–H groups in total. The fraction of sp³-hybridized carbons (Fsp3) is 0.364. The van der Waals surface area contributed by atoms with Crippen LogP contribution in [0.15, 0.2) is 24.3 Å². The lowest BCUT2D eigenvalue weighted by atomic mass is 10.0. The molecule has 0 spiro atoms. The maximum absolute atomic E-state index is 8.98. The molecule has 0 aromatic heterocycles. The molecule has 0 saturated carbocycles. The molecule has 1 aromatic rings. The number of hydrogen-bond donors (Lipinski definition) is 1. The first-order valence-electron chi connectivity index (χ1n) is 4.55. The molecular weight excluding hydrogens is 196 g/mol. The Morgan fingerprint density at radius 2 is 2.14 bits per heavy atom. The van der Waals surface area contributed by atoms with Gasteiger partial charge in [0, 0.05) is 0 Å². The lowest BCUT2D eigenvalue weighted by Gasteiger charge is -2.23. The van der Waals surface area contributed by atoms with E-state index in [-0.39, 0.29) is 0 Å². The van der Waals surface area contributed by atoms with Crippen LogP contribution < -0.4 is 5.32 Å². The van der Waals surface area contributed by atoms with Crippen molar-refractivity contribution in [2.24, 2.45) is 0 Å². The van der Waals surface area contributed by atoms with Gasteiger partial charge in [0.15, 0.2) is 0 Å². The second-order valence-electron chi connectivity index (χ2n) is 3.40. The van der Waals surface area contributed by atoms with Crippen LogP contribution in [0.25, 0.3) is 0 Å². The largest absolute Gasteiger partial charge is 0.366 e. The first-order valence-corrected chi connectivity index (χ1v) is 4.93. The summed E-state index contributed by atoms with van der Waals surface area (Å²) in [5.41, 5.74) is 0.255. The standard InChI is InChI=1S/C11H13ClN2/c1-3-11(2,8-13)14-10-7-5-4-6-9(10)12/h4-7,14H,3H2,1-2H3. The molecule has 0 fully saturated rings. The van der Waals surface area contributed by atoms with Crippen LogP contribution in [0.1, 0.15) is 20.3 Å². The Kier molecular flexibility index (Phi) is 3.38. The zero-order chi connectivity index (χ0) is 10.6. The molecule has 1 aromatic carbocycles. The molecule has 0 aliphatic heterocycles. The average molecular weight is 209 g/mol. The van der Waals surface area contributed by atoms with Crippen LogP contribution in [0.4, 0.5) is 5.69 Å². The smallest absolute Gasteiger partial charge is 0.122 e. The first kappa shape index (κ1) is 10.9. The fourth-order valence-electron chi connectivity index (χ4n) is 1.06. The number of rotatable bonds is 3. The van der Waals surface area contributed by atoms with Gasteiger partial charge in [-0.1, -0.05) is 30.7 Å². The highest BCUT2D eigenvalue weighted by Gasteiger charge is 2.21. The molecular formula is C11H13ClN2. The van der Waals surface area contributed by atoms with Crippen molar-refractivity contribution in [3.63, 3.8) is 0 Å². The normalized spacial score (nSPS) is 14.1. The van der Waals surface area contributed by atoms with E-state index in [4.69, 9.17) is 16.9 Å². The van der Waals surface area contributed by atoms with Crippen molar-refractivity contribution in [1.29, 1.82) is 5.26 Å². The van der Waals surface area contributed by atoms with Gasteiger partial charge in [-0.25, -0.2) is 0 Å². The minimum Gasteiger partial charge on any atom is -0.366 e. The lowest BCUT2D eigenvalue weighted by molar-refractivity contribution is 0.626. The summed E-state index contributed by atoms with van der Waals surface area (Å²) < 4.78 is 0.